The number of benzene rings is 3. The Bertz CT molecular complexity index is 2070. The summed E-state index contributed by atoms with van der Waals surface area (Å²) in [5.41, 5.74) is 2.34. The molecule has 302 valence electrons. The predicted octanol–water partition coefficient (Wildman–Crippen LogP) is 4.54. The molecule has 1 aromatic heterocycles. The number of H-pyrrole nitrogens is 1. The highest BCUT2D eigenvalue weighted by atomic mass is 16.5. The van der Waals surface area contributed by atoms with Crippen LogP contribution in [0.25, 0.3) is 10.9 Å². The van der Waals surface area contributed by atoms with E-state index >= 15 is 0 Å². The SMILES string of the molecule is CCN(CCCNCC(O)c1ccc(O)c2[nH]c(=O)ccc12)C(=O)c1ccc(CCC(=O)N2CCC(C(=O)OC3CN4CCC3CC4)(c3ccccc3)CC2)cc1. The van der Waals surface area contributed by atoms with Crippen LogP contribution < -0.4 is 10.9 Å². The number of aryl methyl sites for hydroxylation is 1. The lowest BCUT2D eigenvalue weighted by Crippen LogP contribution is -2.55. The number of fused-ring (bicyclic) bond motifs is 4. The van der Waals surface area contributed by atoms with Crippen molar-refractivity contribution in [1.29, 1.82) is 0 Å². The van der Waals surface area contributed by atoms with Gasteiger partial charge in [0.2, 0.25) is 11.5 Å². The zero-order valence-electron chi connectivity index (χ0n) is 32.8. The Balaban J connectivity index is 0.857. The molecule has 12 nitrogen and oxygen atoms in total. The highest BCUT2D eigenvalue weighted by molar-refractivity contribution is 5.94. The van der Waals surface area contributed by atoms with Crippen LogP contribution in [0.1, 0.15) is 78.6 Å². The van der Waals surface area contributed by atoms with Gasteiger partial charge in [0.25, 0.3) is 5.91 Å². The van der Waals surface area contributed by atoms with Crippen LogP contribution in [-0.4, -0.2) is 113 Å². The van der Waals surface area contributed by atoms with Crippen molar-refractivity contribution < 1.29 is 29.3 Å². The molecule has 0 spiro atoms. The van der Waals surface area contributed by atoms with Crippen LogP contribution in [0.5, 0.6) is 5.75 Å². The first-order valence-corrected chi connectivity index (χ1v) is 20.5. The zero-order chi connectivity index (χ0) is 39.9. The van der Waals surface area contributed by atoms with Crippen molar-refractivity contribution in [3.63, 3.8) is 0 Å². The van der Waals surface area contributed by atoms with E-state index in [0.717, 1.165) is 43.6 Å². The van der Waals surface area contributed by atoms with Crippen LogP contribution in [0.3, 0.4) is 0 Å². The third kappa shape index (κ3) is 9.08. The average Bonchev–Trinajstić information content (AvgIpc) is 3.25. The monoisotopic (exact) mass is 777 g/mol. The molecular weight excluding hydrogens is 723 g/mol. The number of aromatic hydroxyl groups is 1. The number of aliphatic hydroxyl groups excluding tert-OH is 1. The number of nitrogens with zero attached hydrogens (tertiary/aromatic N) is 3. The van der Waals surface area contributed by atoms with Gasteiger partial charge in [0.15, 0.2) is 0 Å². The number of aromatic nitrogens is 1. The van der Waals surface area contributed by atoms with Crippen molar-refractivity contribution in [2.45, 2.75) is 69.5 Å². The van der Waals surface area contributed by atoms with Gasteiger partial charge in [-0.2, -0.15) is 0 Å². The summed E-state index contributed by atoms with van der Waals surface area (Å²) in [6, 6.07) is 23.5. The minimum absolute atomic E-state index is 0.0550. The number of esters is 1. The largest absolute Gasteiger partial charge is 0.506 e. The van der Waals surface area contributed by atoms with E-state index < -0.39 is 11.5 Å². The number of nitrogens with one attached hydrogen (secondary N) is 2. The molecule has 4 N–H and O–H groups in total. The molecule has 0 radical (unpaired) electrons. The van der Waals surface area contributed by atoms with E-state index in [-0.39, 0.29) is 41.7 Å². The van der Waals surface area contributed by atoms with Gasteiger partial charge in [0, 0.05) is 62.7 Å². The van der Waals surface area contributed by atoms with Crippen molar-refractivity contribution in [1.82, 2.24) is 25.0 Å². The summed E-state index contributed by atoms with van der Waals surface area (Å²) in [5.74, 6) is 0.232. The van der Waals surface area contributed by atoms with E-state index in [9.17, 15) is 29.4 Å². The Labute approximate surface area is 333 Å². The molecule has 4 fully saturated rings. The molecule has 2 atom stereocenters. The molecule has 12 heteroatoms. The van der Waals surface area contributed by atoms with Gasteiger partial charge in [-0.05, 0) is 112 Å². The fourth-order valence-electron chi connectivity index (χ4n) is 8.90. The molecule has 3 aromatic carbocycles. The quantitative estimate of drug-likeness (QED) is 0.101. The maximum atomic E-state index is 14.0. The van der Waals surface area contributed by atoms with Crippen LogP contribution in [0.2, 0.25) is 0 Å². The molecule has 4 saturated heterocycles. The second kappa shape index (κ2) is 18.0. The molecule has 2 unspecified atom stereocenters. The second-order valence-corrected chi connectivity index (χ2v) is 15.9. The molecule has 8 rings (SSSR count). The number of aromatic amines is 1. The number of rotatable bonds is 15. The number of likely N-dealkylation sites (tertiary alicyclic amines) is 1. The lowest BCUT2D eigenvalue weighted by Gasteiger charge is -2.46. The first kappa shape index (κ1) is 40.2. The van der Waals surface area contributed by atoms with E-state index in [1.807, 2.05) is 66.4 Å². The lowest BCUT2D eigenvalue weighted by atomic mass is 9.72. The van der Waals surface area contributed by atoms with E-state index in [1.165, 1.54) is 12.1 Å². The molecule has 2 bridgehead atoms. The third-order valence-electron chi connectivity index (χ3n) is 12.4. The summed E-state index contributed by atoms with van der Waals surface area (Å²) in [6.45, 7) is 7.87. The van der Waals surface area contributed by atoms with Crippen LogP contribution >= 0.6 is 0 Å². The van der Waals surface area contributed by atoms with E-state index in [1.54, 1.807) is 17.0 Å². The Morgan fingerprint density at radius 2 is 1.70 bits per heavy atom. The minimum atomic E-state index is -0.856. The Morgan fingerprint density at radius 3 is 2.39 bits per heavy atom. The molecular formula is C45H55N5O7. The lowest BCUT2D eigenvalue weighted by molar-refractivity contribution is -0.168. The molecule has 5 heterocycles. The van der Waals surface area contributed by atoms with Crippen molar-refractivity contribution >= 4 is 28.7 Å². The van der Waals surface area contributed by atoms with Crippen molar-refractivity contribution in [2.24, 2.45) is 5.92 Å². The van der Waals surface area contributed by atoms with Crippen molar-refractivity contribution in [2.75, 3.05) is 58.9 Å². The number of piperidine rings is 4. The normalized spacial score (nSPS) is 20.6. The number of carbonyl (C=O) groups is 3. The fourth-order valence-corrected chi connectivity index (χ4v) is 8.90. The average molecular weight is 778 g/mol. The number of hydrogen-bond donors (Lipinski definition) is 4. The topological polar surface area (TPSA) is 156 Å². The number of amides is 2. The van der Waals surface area contributed by atoms with Gasteiger partial charge in [-0.25, -0.2) is 0 Å². The second-order valence-electron chi connectivity index (χ2n) is 15.9. The van der Waals surface area contributed by atoms with Crippen molar-refractivity contribution in [3.05, 3.63) is 111 Å². The first-order valence-electron chi connectivity index (χ1n) is 20.5. The summed E-state index contributed by atoms with van der Waals surface area (Å²) < 4.78 is 6.30. The minimum Gasteiger partial charge on any atom is -0.506 e. The highest BCUT2D eigenvalue weighted by Crippen LogP contribution is 2.39. The summed E-state index contributed by atoms with van der Waals surface area (Å²) in [5, 5.41) is 24.8. The van der Waals surface area contributed by atoms with E-state index in [0.29, 0.717) is 92.8 Å². The van der Waals surface area contributed by atoms with Gasteiger partial charge in [-0.3, -0.25) is 24.1 Å². The number of aliphatic hydroxyl groups is 1. The van der Waals surface area contributed by atoms with Gasteiger partial charge in [0.05, 0.1) is 17.0 Å². The van der Waals surface area contributed by atoms with E-state index in [2.05, 4.69) is 15.2 Å². The Morgan fingerprint density at radius 1 is 0.965 bits per heavy atom. The van der Waals surface area contributed by atoms with E-state index in [4.69, 9.17) is 4.74 Å². The highest BCUT2D eigenvalue weighted by Gasteiger charge is 2.47. The summed E-state index contributed by atoms with van der Waals surface area (Å²) >= 11 is 0. The molecule has 4 aliphatic heterocycles. The molecule has 2 amide bonds. The number of ether oxygens (including phenoxy) is 1. The maximum absolute atomic E-state index is 14.0. The molecule has 57 heavy (non-hydrogen) atoms. The van der Waals surface area contributed by atoms with Gasteiger partial charge in [-0.1, -0.05) is 48.5 Å². The fraction of sp³-hybridized carbons (Fsp3) is 0.467. The van der Waals surface area contributed by atoms with Gasteiger partial charge < -0.3 is 35.1 Å². The third-order valence-corrected chi connectivity index (χ3v) is 12.4. The van der Waals surface area contributed by atoms with Gasteiger partial charge >= 0.3 is 5.97 Å². The van der Waals surface area contributed by atoms with Gasteiger partial charge in [-0.15, -0.1) is 0 Å². The molecule has 0 aliphatic carbocycles. The first-order chi connectivity index (χ1) is 27.6. The van der Waals surface area contributed by atoms with Gasteiger partial charge in [0.1, 0.15) is 11.9 Å². The molecule has 0 saturated carbocycles. The number of hydrogen-bond acceptors (Lipinski definition) is 9. The molecule has 4 aliphatic rings. The zero-order valence-corrected chi connectivity index (χ0v) is 32.8. The summed E-state index contributed by atoms with van der Waals surface area (Å²) in [4.78, 5) is 61.2. The number of phenols is 1. The molecule has 4 aromatic rings. The predicted molar refractivity (Wildman–Crippen MR) is 218 cm³/mol. The summed E-state index contributed by atoms with van der Waals surface area (Å²) in [6.07, 6.45) is 3.90. The number of carbonyl (C=O) groups excluding carboxylic acids is 3. The standard InChI is InChI=1S/C45H55N5O7/c1-2-49(24-6-23-46-29-38(52)35-14-16-37(51)42-36(35)15-17-40(53)47-42)43(55)33-12-9-31(10-13-33)11-18-41(54)50-27-21-45(22-28-50,34-7-4-3-5-8-34)44(56)57-39-30-48-25-19-32(39)20-26-48/h3-5,7-10,12-17,32,38-39,46,51-52H,2,6,11,18-30H2,1H3,(H,47,53). The van der Waals surface area contributed by atoms with Crippen LogP contribution in [-0.2, 0) is 26.2 Å². The Hall–Kier alpha value is -5.04. The Kier molecular flexibility index (Phi) is 12.7. The van der Waals surface area contributed by atoms with Crippen molar-refractivity contribution in [3.8, 4) is 5.75 Å². The van der Waals surface area contributed by atoms with Crippen LogP contribution in [0.15, 0.2) is 83.7 Å². The number of pyridine rings is 1. The summed E-state index contributed by atoms with van der Waals surface area (Å²) in [7, 11) is 0. The number of phenolic OH excluding ortho intramolecular Hbond substituents is 1. The van der Waals surface area contributed by atoms with Crippen LogP contribution in [0.4, 0.5) is 0 Å². The maximum Gasteiger partial charge on any atom is 0.317 e. The van der Waals surface area contributed by atoms with Crippen LogP contribution in [0, 0.1) is 5.92 Å². The smallest absolute Gasteiger partial charge is 0.317 e.